The Bertz CT molecular complexity index is 231. The van der Waals surface area contributed by atoms with Gasteiger partial charge in [0, 0.05) is 18.6 Å². The van der Waals surface area contributed by atoms with Gasteiger partial charge in [0.05, 0.1) is 5.92 Å². The Hall–Kier alpha value is -0.280. The van der Waals surface area contributed by atoms with Crippen LogP contribution in [0.1, 0.15) is 39.5 Å². The number of hydrogen-bond donors (Lipinski definition) is 1. The van der Waals surface area contributed by atoms with Crippen LogP contribution in [0.25, 0.3) is 0 Å². The summed E-state index contributed by atoms with van der Waals surface area (Å²) >= 11 is 0. The Labute approximate surface area is 104 Å². The lowest BCUT2D eigenvalue weighted by Crippen LogP contribution is -2.46. The minimum Gasteiger partial charge on any atom is -0.337 e. The van der Waals surface area contributed by atoms with E-state index in [1.165, 1.54) is 12.8 Å². The predicted molar refractivity (Wildman–Crippen MR) is 67.8 cm³/mol. The fraction of sp³-hybridized carbons (Fsp3) is 0.917. The van der Waals surface area contributed by atoms with Crippen LogP contribution >= 0.6 is 12.4 Å². The van der Waals surface area contributed by atoms with Crippen molar-refractivity contribution in [2.45, 2.75) is 51.6 Å². The SMILES string of the molecule is CC1CCC(C)N1C(=O)C1CCCNC1.Cl. The first-order valence-corrected chi connectivity index (χ1v) is 6.23. The molecule has 0 saturated carbocycles. The van der Waals surface area contributed by atoms with Gasteiger partial charge in [0.2, 0.25) is 5.91 Å². The molecule has 3 nitrogen and oxygen atoms in total. The van der Waals surface area contributed by atoms with Gasteiger partial charge in [-0.05, 0) is 46.1 Å². The maximum absolute atomic E-state index is 12.3. The van der Waals surface area contributed by atoms with Crippen molar-refractivity contribution < 1.29 is 4.79 Å². The van der Waals surface area contributed by atoms with Gasteiger partial charge in [-0.3, -0.25) is 4.79 Å². The molecule has 2 aliphatic heterocycles. The summed E-state index contributed by atoms with van der Waals surface area (Å²) in [7, 11) is 0. The molecular weight excluding hydrogens is 224 g/mol. The lowest BCUT2D eigenvalue weighted by atomic mass is 9.97. The van der Waals surface area contributed by atoms with E-state index < -0.39 is 0 Å². The second-order valence-electron chi connectivity index (χ2n) is 5.06. The number of halogens is 1. The molecule has 16 heavy (non-hydrogen) atoms. The molecule has 0 aromatic heterocycles. The van der Waals surface area contributed by atoms with E-state index in [-0.39, 0.29) is 18.3 Å². The first-order chi connectivity index (χ1) is 7.20. The van der Waals surface area contributed by atoms with Crippen molar-refractivity contribution in [1.82, 2.24) is 10.2 Å². The molecule has 1 N–H and O–H groups in total. The summed E-state index contributed by atoms with van der Waals surface area (Å²) in [5.41, 5.74) is 0. The van der Waals surface area contributed by atoms with Crippen LogP contribution in [0.5, 0.6) is 0 Å². The van der Waals surface area contributed by atoms with E-state index in [2.05, 4.69) is 24.1 Å². The van der Waals surface area contributed by atoms with Crippen molar-refractivity contribution in [2.75, 3.05) is 13.1 Å². The molecule has 4 heteroatoms. The molecule has 0 spiro atoms. The van der Waals surface area contributed by atoms with Crippen LogP contribution in [0.15, 0.2) is 0 Å². The lowest BCUT2D eigenvalue weighted by molar-refractivity contribution is -0.138. The van der Waals surface area contributed by atoms with Gasteiger partial charge in [-0.2, -0.15) is 0 Å². The second kappa shape index (κ2) is 5.87. The minimum absolute atomic E-state index is 0. The molecule has 2 fully saturated rings. The largest absolute Gasteiger partial charge is 0.337 e. The third kappa shape index (κ3) is 2.69. The van der Waals surface area contributed by atoms with Crippen molar-refractivity contribution in [3.05, 3.63) is 0 Å². The zero-order valence-electron chi connectivity index (χ0n) is 10.2. The highest BCUT2D eigenvalue weighted by Crippen LogP contribution is 2.26. The monoisotopic (exact) mass is 246 g/mol. The fourth-order valence-corrected chi connectivity index (χ4v) is 2.90. The summed E-state index contributed by atoms with van der Waals surface area (Å²) in [4.78, 5) is 14.4. The lowest BCUT2D eigenvalue weighted by Gasteiger charge is -2.32. The molecule has 2 rings (SSSR count). The van der Waals surface area contributed by atoms with Crippen LogP contribution in [-0.4, -0.2) is 36.0 Å². The molecule has 0 aromatic carbocycles. The fourth-order valence-electron chi connectivity index (χ4n) is 2.90. The Morgan fingerprint density at radius 1 is 1.19 bits per heavy atom. The smallest absolute Gasteiger partial charge is 0.227 e. The van der Waals surface area contributed by atoms with E-state index in [9.17, 15) is 4.79 Å². The van der Waals surface area contributed by atoms with Crippen LogP contribution in [-0.2, 0) is 4.79 Å². The van der Waals surface area contributed by atoms with Crippen molar-refractivity contribution in [1.29, 1.82) is 0 Å². The maximum Gasteiger partial charge on any atom is 0.227 e. The first kappa shape index (κ1) is 13.8. The zero-order chi connectivity index (χ0) is 10.8. The van der Waals surface area contributed by atoms with Gasteiger partial charge in [0.1, 0.15) is 0 Å². The Morgan fingerprint density at radius 2 is 1.81 bits per heavy atom. The number of carbonyl (C=O) groups excluding carboxylic acids is 1. The van der Waals surface area contributed by atoms with Crippen molar-refractivity contribution in [3.63, 3.8) is 0 Å². The molecule has 2 aliphatic rings. The number of rotatable bonds is 1. The van der Waals surface area contributed by atoms with Crippen molar-refractivity contribution in [2.24, 2.45) is 5.92 Å². The first-order valence-electron chi connectivity index (χ1n) is 6.23. The van der Waals surface area contributed by atoms with Crippen molar-refractivity contribution >= 4 is 18.3 Å². The molecule has 0 aromatic rings. The summed E-state index contributed by atoms with van der Waals surface area (Å²) in [6, 6.07) is 0.906. The molecule has 0 aliphatic carbocycles. The maximum atomic E-state index is 12.3. The number of likely N-dealkylation sites (tertiary alicyclic amines) is 1. The van der Waals surface area contributed by atoms with Crippen LogP contribution in [0.4, 0.5) is 0 Å². The highest BCUT2D eigenvalue weighted by Gasteiger charge is 2.35. The molecule has 2 saturated heterocycles. The van der Waals surface area contributed by atoms with Gasteiger partial charge < -0.3 is 10.2 Å². The van der Waals surface area contributed by atoms with Gasteiger partial charge in [-0.15, -0.1) is 12.4 Å². The molecule has 3 atom stereocenters. The molecule has 3 unspecified atom stereocenters. The topological polar surface area (TPSA) is 32.3 Å². The molecule has 94 valence electrons. The van der Waals surface area contributed by atoms with E-state index >= 15 is 0 Å². The van der Waals surface area contributed by atoms with Gasteiger partial charge in [-0.25, -0.2) is 0 Å². The molecule has 2 heterocycles. The zero-order valence-corrected chi connectivity index (χ0v) is 11.1. The summed E-state index contributed by atoms with van der Waals surface area (Å²) in [5, 5.41) is 3.32. The Kier molecular flexibility index (Phi) is 5.06. The van der Waals surface area contributed by atoms with Gasteiger partial charge in [-0.1, -0.05) is 0 Å². The third-order valence-electron chi connectivity index (χ3n) is 3.85. The number of amides is 1. The quantitative estimate of drug-likeness (QED) is 0.766. The molecule has 0 radical (unpaired) electrons. The second-order valence-corrected chi connectivity index (χ2v) is 5.06. The summed E-state index contributed by atoms with van der Waals surface area (Å²) in [5.74, 6) is 0.626. The van der Waals surface area contributed by atoms with E-state index in [0.717, 1.165) is 25.9 Å². The van der Waals surface area contributed by atoms with Crippen LogP contribution in [0.2, 0.25) is 0 Å². The van der Waals surface area contributed by atoms with E-state index in [0.29, 0.717) is 18.0 Å². The van der Waals surface area contributed by atoms with Crippen LogP contribution in [0, 0.1) is 5.92 Å². The van der Waals surface area contributed by atoms with Gasteiger partial charge in [0.25, 0.3) is 0 Å². The van der Waals surface area contributed by atoms with Crippen molar-refractivity contribution in [3.8, 4) is 0 Å². The number of piperidine rings is 1. The number of hydrogen-bond acceptors (Lipinski definition) is 2. The number of nitrogens with zero attached hydrogens (tertiary/aromatic N) is 1. The Morgan fingerprint density at radius 3 is 2.31 bits per heavy atom. The predicted octanol–water partition coefficient (Wildman–Crippen LogP) is 1.81. The minimum atomic E-state index is 0. The van der Waals surface area contributed by atoms with Gasteiger partial charge >= 0.3 is 0 Å². The summed E-state index contributed by atoms with van der Waals surface area (Å²) < 4.78 is 0. The highest BCUT2D eigenvalue weighted by molar-refractivity contribution is 5.85. The van der Waals surface area contributed by atoms with E-state index in [4.69, 9.17) is 0 Å². The number of carbonyl (C=O) groups is 1. The third-order valence-corrected chi connectivity index (χ3v) is 3.85. The normalized spacial score (nSPS) is 34.6. The van der Waals surface area contributed by atoms with E-state index in [1.54, 1.807) is 0 Å². The average Bonchev–Trinajstić information content (AvgIpc) is 2.59. The standard InChI is InChI=1S/C12H22N2O.ClH/c1-9-5-6-10(2)14(9)12(15)11-4-3-7-13-8-11;/h9-11,13H,3-8H2,1-2H3;1H. The van der Waals surface area contributed by atoms with E-state index in [1.807, 2.05) is 0 Å². The molecular formula is C12H23ClN2O. The average molecular weight is 247 g/mol. The number of nitrogens with one attached hydrogen (secondary N) is 1. The van der Waals surface area contributed by atoms with Crippen LogP contribution in [0.3, 0.4) is 0 Å². The molecule has 0 bridgehead atoms. The molecule has 1 amide bonds. The van der Waals surface area contributed by atoms with Crippen LogP contribution < -0.4 is 5.32 Å². The Balaban J connectivity index is 0.00000128. The van der Waals surface area contributed by atoms with Gasteiger partial charge in [0.15, 0.2) is 0 Å². The highest BCUT2D eigenvalue weighted by atomic mass is 35.5. The summed E-state index contributed by atoms with van der Waals surface area (Å²) in [6.07, 6.45) is 4.56. The summed E-state index contributed by atoms with van der Waals surface area (Å²) in [6.45, 7) is 6.32.